The molecule has 0 atom stereocenters. The van der Waals surface area contributed by atoms with Crippen LogP contribution in [0.4, 0.5) is 14.5 Å². The standard InChI is InChI=1S/C6H2ClF2IN2O2/c7-5-3(6(8)9)4(10)2(1-11-5)12(13)14/h1,6H. The molecule has 0 unspecified atom stereocenters. The second-order valence-electron chi connectivity index (χ2n) is 2.22. The Labute approximate surface area is 95.6 Å². The molecule has 0 amide bonds. The highest BCUT2D eigenvalue weighted by Crippen LogP contribution is 2.34. The van der Waals surface area contributed by atoms with Gasteiger partial charge in [0.15, 0.2) is 0 Å². The predicted octanol–water partition coefficient (Wildman–Crippen LogP) is 3.19. The molecule has 0 spiro atoms. The molecule has 1 heterocycles. The highest BCUT2D eigenvalue weighted by Gasteiger charge is 2.24. The van der Waals surface area contributed by atoms with Gasteiger partial charge in [-0.1, -0.05) is 11.6 Å². The molecule has 14 heavy (non-hydrogen) atoms. The molecular weight excluding hydrogens is 332 g/mol. The van der Waals surface area contributed by atoms with Crippen LogP contribution in [-0.4, -0.2) is 9.91 Å². The van der Waals surface area contributed by atoms with Crippen molar-refractivity contribution in [3.05, 3.63) is 30.6 Å². The maximum absolute atomic E-state index is 12.4. The minimum absolute atomic E-state index is 0.178. The molecule has 1 aromatic rings. The van der Waals surface area contributed by atoms with E-state index >= 15 is 0 Å². The molecule has 8 heteroatoms. The van der Waals surface area contributed by atoms with Crippen molar-refractivity contribution in [3.63, 3.8) is 0 Å². The summed E-state index contributed by atoms with van der Waals surface area (Å²) in [5.41, 5.74) is -1.06. The third kappa shape index (κ3) is 2.08. The SMILES string of the molecule is O=[N+]([O-])c1cnc(Cl)c(C(F)F)c1I. The molecule has 0 N–H and O–H groups in total. The lowest BCUT2D eigenvalue weighted by atomic mass is 10.3. The average molecular weight is 334 g/mol. The van der Waals surface area contributed by atoms with Gasteiger partial charge in [-0.3, -0.25) is 10.1 Å². The van der Waals surface area contributed by atoms with E-state index in [0.717, 1.165) is 6.20 Å². The van der Waals surface area contributed by atoms with Crippen molar-refractivity contribution < 1.29 is 13.7 Å². The minimum atomic E-state index is -2.87. The van der Waals surface area contributed by atoms with E-state index in [4.69, 9.17) is 11.6 Å². The zero-order valence-corrected chi connectivity index (χ0v) is 9.29. The second kappa shape index (κ2) is 4.30. The Hall–Kier alpha value is -0.570. The van der Waals surface area contributed by atoms with Gasteiger partial charge in [0.2, 0.25) is 0 Å². The first-order valence-corrected chi connectivity index (χ1v) is 4.67. The van der Waals surface area contributed by atoms with Gasteiger partial charge in [0, 0.05) is 0 Å². The molecule has 1 aromatic heterocycles. The van der Waals surface area contributed by atoms with Crippen LogP contribution in [0, 0.1) is 13.7 Å². The predicted molar refractivity (Wildman–Crippen MR) is 53.6 cm³/mol. The molecule has 0 fully saturated rings. The lowest BCUT2D eigenvalue weighted by molar-refractivity contribution is -0.386. The number of nitro groups is 1. The Morgan fingerprint density at radius 1 is 1.64 bits per heavy atom. The number of halogens is 4. The van der Waals surface area contributed by atoms with Gasteiger partial charge in [0.05, 0.1) is 10.5 Å². The monoisotopic (exact) mass is 334 g/mol. The number of nitrogens with zero attached hydrogens (tertiary/aromatic N) is 2. The highest BCUT2D eigenvalue weighted by atomic mass is 127. The maximum Gasteiger partial charge on any atom is 0.301 e. The lowest BCUT2D eigenvalue weighted by Crippen LogP contribution is -2.00. The Balaban J connectivity index is 3.41. The summed E-state index contributed by atoms with van der Waals surface area (Å²) >= 11 is 6.83. The molecule has 4 nitrogen and oxygen atoms in total. The van der Waals surface area contributed by atoms with Crippen LogP contribution < -0.4 is 0 Å². The Morgan fingerprint density at radius 2 is 2.21 bits per heavy atom. The summed E-state index contributed by atoms with van der Waals surface area (Å²) in [5, 5.41) is 9.97. The number of hydrogen-bond donors (Lipinski definition) is 0. The van der Waals surface area contributed by atoms with Gasteiger partial charge in [0.25, 0.3) is 6.43 Å². The van der Waals surface area contributed by atoms with E-state index in [-0.39, 0.29) is 3.57 Å². The van der Waals surface area contributed by atoms with Crippen LogP contribution in [0.2, 0.25) is 5.15 Å². The molecule has 0 saturated carbocycles. The quantitative estimate of drug-likeness (QED) is 0.361. The maximum atomic E-state index is 12.4. The number of pyridine rings is 1. The Kier molecular flexibility index (Phi) is 3.53. The summed E-state index contributed by atoms with van der Waals surface area (Å²) in [4.78, 5) is 12.9. The fraction of sp³-hybridized carbons (Fsp3) is 0.167. The third-order valence-corrected chi connectivity index (χ3v) is 2.83. The molecule has 0 aromatic carbocycles. The minimum Gasteiger partial charge on any atom is -0.258 e. The second-order valence-corrected chi connectivity index (χ2v) is 3.66. The summed E-state index contributed by atoms with van der Waals surface area (Å²) in [6, 6.07) is 0. The molecule has 1 rings (SSSR count). The largest absolute Gasteiger partial charge is 0.301 e. The number of alkyl halides is 2. The van der Waals surface area contributed by atoms with Crippen LogP contribution in [0.15, 0.2) is 6.20 Å². The van der Waals surface area contributed by atoms with Crippen molar-refractivity contribution >= 4 is 39.9 Å². The van der Waals surface area contributed by atoms with E-state index < -0.39 is 27.8 Å². The lowest BCUT2D eigenvalue weighted by Gasteiger charge is -2.04. The number of aromatic nitrogens is 1. The first-order chi connectivity index (χ1) is 6.45. The zero-order valence-electron chi connectivity index (χ0n) is 6.38. The fourth-order valence-electron chi connectivity index (χ4n) is 0.786. The topological polar surface area (TPSA) is 56.0 Å². The van der Waals surface area contributed by atoms with Gasteiger partial charge >= 0.3 is 5.69 Å². The van der Waals surface area contributed by atoms with Gasteiger partial charge in [-0.15, -0.1) is 0 Å². The average Bonchev–Trinajstić information content (AvgIpc) is 2.02. The van der Waals surface area contributed by atoms with Crippen molar-refractivity contribution in [1.82, 2.24) is 4.98 Å². The first-order valence-electron chi connectivity index (χ1n) is 3.21. The van der Waals surface area contributed by atoms with Gasteiger partial charge < -0.3 is 0 Å². The van der Waals surface area contributed by atoms with Crippen molar-refractivity contribution in [3.8, 4) is 0 Å². The van der Waals surface area contributed by atoms with E-state index in [1.807, 2.05) is 0 Å². The van der Waals surface area contributed by atoms with E-state index in [1.165, 1.54) is 22.6 Å². The summed E-state index contributed by atoms with van der Waals surface area (Å²) in [7, 11) is 0. The van der Waals surface area contributed by atoms with Crippen LogP contribution >= 0.6 is 34.2 Å². The summed E-state index contributed by atoms with van der Waals surface area (Å²) in [5.74, 6) is 0. The summed E-state index contributed by atoms with van der Waals surface area (Å²) < 4.78 is 24.6. The van der Waals surface area contributed by atoms with Gasteiger partial charge in [-0.2, -0.15) is 0 Å². The van der Waals surface area contributed by atoms with E-state index in [0.29, 0.717) is 0 Å². The molecule has 76 valence electrons. The van der Waals surface area contributed by atoms with Crippen LogP contribution in [0.1, 0.15) is 12.0 Å². The van der Waals surface area contributed by atoms with E-state index in [2.05, 4.69) is 4.98 Å². The van der Waals surface area contributed by atoms with Gasteiger partial charge in [-0.25, -0.2) is 13.8 Å². The van der Waals surface area contributed by atoms with Crippen LogP contribution in [-0.2, 0) is 0 Å². The third-order valence-electron chi connectivity index (χ3n) is 1.40. The smallest absolute Gasteiger partial charge is 0.258 e. The van der Waals surface area contributed by atoms with Crippen molar-refractivity contribution in [2.45, 2.75) is 6.43 Å². The van der Waals surface area contributed by atoms with Crippen LogP contribution in [0.3, 0.4) is 0 Å². The zero-order chi connectivity index (χ0) is 10.9. The molecule has 0 saturated heterocycles. The van der Waals surface area contributed by atoms with Crippen molar-refractivity contribution in [1.29, 1.82) is 0 Å². The van der Waals surface area contributed by atoms with Crippen molar-refractivity contribution in [2.24, 2.45) is 0 Å². The Bertz CT molecular complexity index is 388. The molecule has 0 aliphatic rings. The molecule has 0 aliphatic heterocycles. The van der Waals surface area contributed by atoms with Crippen LogP contribution in [0.5, 0.6) is 0 Å². The molecule has 0 radical (unpaired) electrons. The number of rotatable bonds is 2. The van der Waals surface area contributed by atoms with E-state index in [9.17, 15) is 18.9 Å². The molecule has 0 bridgehead atoms. The molecular formula is C6H2ClF2IN2O2. The van der Waals surface area contributed by atoms with Gasteiger partial charge in [-0.05, 0) is 22.6 Å². The Morgan fingerprint density at radius 3 is 2.64 bits per heavy atom. The first kappa shape index (κ1) is 11.5. The highest BCUT2D eigenvalue weighted by molar-refractivity contribution is 14.1. The van der Waals surface area contributed by atoms with Gasteiger partial charge in [0.1, 0.15) is 14.9 Å². The summed E-state index contributed by atoms with van der Waals surface area (Å²) in [6.45, 7) is 0. The fourth-order valence-corrected chi connectivity index (χ4v) is 2.00. The summed E-state index contributed by atoms with van der Waals surface area (Å²) in [6.07, 6.45) is -2.02. The van der Waals surface area contributed by atoms with E-state index in [1.54, 1.807) is 0 Å². The van der Waals surface area contributed by atoms with Crippen molar-refractivity contribution in [2.75, 3.05) is 0 Å². The molecule has 0 aliphatic carbocycles. The normalized spacial score (nSPS) is 10.6. The number of hydrogen-bond acceptors (Lipinski definition) is 3. The van der Waals surface area contributed by atoms with Crippen LogP contribution in [0.25, 0.3) is 0 Å².